The predicted octanol–water partition coefficient (Wildman–Crippen LogP) is 3.22. The maximum atomic E-state index is 13.0. The topological polar surface area (TPSA) is 86.3 Å². The number of fused-ring (bicyclic) bond motifs is 1. The van der Waals surface area contributed by atoms with Gasteiger partial charge in [0.25, 0.3) is 5.91 Å². The Balaban J connectivity index is 1.18. The highest BCUT2D eigenvalue weighted by atomic mass is 16.5. The van der Waals surface area contributed by atoms with Gasteiger partial charge in [-0.15, -0.1) is 5.10 Å². The van der Waals surface area contributed by atoms with Crippen molar-refractivity contribution in [2.75, 3.05) is 19.7 Å². The van der Waals surface area contributed by atoms with E-state index in [0.717, 1.165) is 56.3 Å². The molecule has 1 amide bonds. The predicted molar refractivity (Wildman–Crippen MR) is 111 cm³/mol. The first-order valence-electron chi connectivity index (χ1n) is 12.0. The third kappa shape index (κ3) is 3.90. The molecule has 8 nitrogen and oxygen atoms in total. The Hall–Kier alpha value is -2.22. The van der Waals surface area contributed by atoms with Gasteiger partial charge in [0.1, 0.15) is 5.76 Å². The summed E-state index contributed by atoms with van der Waals surface area (Å²) in [5.74, 6) is 3.01. The molecule has 4 atom stereocenters. The number of ether oxygens (including phenoxy) is 1. The molecule has 3 heterocycles. The summed E-state index contributed by atoms with van der Waals surface area (Å²) in [6.07, 6.45) is 10.0. The zero-order valence-electron chi connectivity index (χ0n) is 18.2. The molecule has 2 aromatic heterocycles. The molecule has 3 aliphatic carbocycles. The number of aromatic nitrogens is 4. The van der Waals surface area contributed by atoms with Crippen LogP contribution in [0.4, 0.5) is 0 Å². The molecule has 166 valence electrons. The van der Waals surface area contributed by atoms with Crippen molar-refractivity contribution < 1.29 is 14.1 Å². The Morgan fingerprint density at radius 2 is 2.00 bits per heavy atom. The second kappa shape index (κ2) is 7.73. The molecule has 0 spiro atoms. The van der Waals surface area contributed by atoms with Crippen molar-refractivity contribution in [1.29, 1.82) is 0 Å². The van der Waals surface area contributed by atoms with Crippen LogP contribution in [0.15, 0.2) is 16.8 Å². The Morgan fingerprint density at radius 1 is 1.19 bits per heavy atom. The molecule has 1 aliphatic heterocycles. The van der Waals surface area contributed by atoms with E-state index in [1.165, 1.54) is 25.7 Å². The number of aryl methyl sites for hydroxylation is 1. The van der Waals surface area contributed by atoms with Gasteiger partial charge in [-0.1, -0.05) is 17.3 Å². The monoisotopic (exact) mass is 425 g/mol. The van der Waals surface area contributed by atoms with Gasteiger partial charge in [-0.25, -0.2) is 4.68 Å². The van der Waals surface area contributed by atoms with Crippen molar-refractivity contribution >= 4 is 5.91 Å². The van der Waals surface area contributed by atoms with Crippen LogP contribution in [0.3, 0.4) is 0 Å². The summed E-state index contributed by atoms with van der Waals surface area (Å²) in [6, 6.07) is 1.98. The fourth-order valence-corrected chi connectivity index (χ4v) is 5.32. The van der Waals surface area contributed by atoms with Crippen LogP contribution >= 0.6 is 0 Å². The first-order valence-corrected chi connectivity index (χ1v) is 12.0. The Labute approximate surface area is 182 Å². The van der Waals surface area contributed by atoms with E-state index in [1.54, 1.807) is 6.07 Å². The van der Waals surface area contributed by atoms with Crippen LogP contribution in [0, 0.1) is 17.8 Å². The molecule has 0 radical (unpaired) electrons. The molecule has 1 saturated heterocycles. The highest BCUT2D eigenvalue weighted by Gasteiger charge is 2.46. The van der Waals surface area contributed by atoms with Crippen LogP contribution in [0.2, 0.25) is 0 Å². The van der Waals surface area contributed by atoms with Crippen molar-refractivity contribution in [3.05, 3.63) is 29.4 Å². The van der Waals surface area contributed by atoms with Crippen molar-refractivity contribution in [1.82, 2.24) is 25.1 Å². The fraction of sp³-hybridized carbons (Fsp3) is 0.739. The summed E-state index contributed by atoms with van der Waals surface area (Å²) >= 11 is 0. The first kappa shape index (κ1) is 19.5. The molecular formula is C23H31N5O3. The molecule has 0 bridgehead atoms. The highest BCUT2D eigenvalue weighted by Crippen LogP contribution is 2.44. The van der Waals surface area contributed by atoms with Crippen LogP contribution in [0.1, 0.15) is 79.4 Å². The Kier molecular flexibility index (Phi) is 4.85. The molecule has 4 aliphatic rings. The van der Waals surface area contributed by atoms with Crippen LogP contribution < -0.4 is 0 Å². The Morgan fingerprint density at radius 3 is 2.71 bits per heavy atom. The maximum absolute atomic E-state index is 13.0. The minimum absolute atomic E-state index is 0.0124. The number of likely N-dealkylation sites (tertiary alicyclic amines) is 1. The van der Waals surface area contributed by atoms with E-state index in [2.05, 4.69) is 26.3 Å². The van der Waals surface area contributed by atoms with Crippen LogP contribution in [0.25, 0.3) is 0 Å². The van der Waals surface area contributed by atoms with Gasteiger partial charge in [0.05, 0.1) is 17.8 Å². The first-order chi connectivity index (χ1) is 15.2. The molecule has 6 rings (SSSR count). The maximum Gasteiger partial charge on any atom is 0.276 e. The van der Waals surface area contributed by atoms with Crippen molar-refractivity contribution in [3.63, 3.8) is 0 Å². The lowest BCUT2D eigenvalue weighted by Gasteiger charge is -2.37. The lowest BCUT2D eigenvalue weighted by molar-refractivity contribution is -0.0375. The number of rotatable bonds is 7. The summed E-state index contributed by atoms with van der Waals surface area (Å²) in [4.78, 5) is 15.0. The number of nitrogens with zero attached hydrogens (tertiary/aromatic N) is 5. The zero-order valence-corrected chi connectivity index (χ0v) is 18.2. The second-order valence-corrected chi connectivity index (χ2v) is 10.0. The normalized spacial score (nSPS) is 30.5. The molecule has 31 heavy (non-hydrogen) atoms. The summed E-state index contributed by atoms with van der Waals surface area (Å²) in [5.41, 5.74) is 1.56. The van der Waals surface area contributed by atoms with Crippen molar-refractivity contribution in [3.8, 4) is 0 Å². The van der Waals surface area contributed by atoms with E-state index in [0.29, 0.717) is 23.4 Å². The number of carbonyl (C=O) groups is 1. The standard InChI is InChI=1S/C23H31N5O3/c1-2-18-9-19(25-31-18)23(29)27-10-16-7-21(28-12-20(24-26-28)15-5-6-15)22(8-17(16)11-27)30-13-14-3-4-14/h9,12,14-17,21-22H,2-8,10-11,13H2,1H3/t16-,17+,21-,22-/m1/s1. The summed E-state index contributed by atoms with van der Waals surface area (Å²) in [7, 11) is 0. The SMILES string of the molecule is CCc1cc(C(=O)N2C[C@H]3C[C@@H](n4cc(C5CC5)nn4)[C@H](OCC4CC4)C[C@H]3C2)no1. The van der Waals surface area contributed by atoms with E-state index in [9.17, 15) is 4.79 Å². The van der Waals surface area contributed by atoms with E-state index < -0.39 is 0 Å². The minimum atomic E-state index is -0.0124. The summed E-state index contributed by atoms with van der Waals surface area (Å²) < 4.78 is 13.8. The molecule has 3 saturated carbocycles. The van der Waals surface area contributed by atoms with Crippen LogP contribution in [-0.4, -0.2) is 56.8 Å². The number of hydrogen-bond acceptors (Lipinski definition) is 6. The van der Waals surface area contributed by atoms with Gasteiger partial charge in [0.15, 0.2) is 5.69 Å². The van der Waals surface area contributed by atoms with E-state index in [-0.39, 0.29) is 18.1 Å². The van der Waals surface area contributed by atoms with E-state index >= 15 is 0 Å². The van der Waals surface area contributed by atoms with Gasteiger partial charge in [0.2, 0.25) is 0 Å². The molecule has 0 aromatic carbocycles. The molecule has 2 aromatic rings. The molecule has 0 N–H and O–H groups in total. The molecule has 0 unspecified atom stereocenters. The smallest absolute Gasteiger partial charge is 0.276 e. The second-order valence-electron chi connectivity index (χ2n) is 10.0. The fourth-order valence-electron chi connectivity index (χ4n) is 5.32. The number of amides is 1. The quantitative estimate of drug-likeness (QED) is 0.677. The van der Waals surface area contributed by atoms with Crippen molar-refractivity contribution in [2.45, 2.75) is 69.9 Å². The van der Waals surface area contributed by atoms with Gasteiger partial charge in [-0.05, 0) is 56.3 Å². The van der Waals surface area contributed by atoms with Gasteiger partial charge in [-0.2, -0.15) is 0 Å². The minimum Gasteiger partial charge on any atom is -0.376 e. The van der Waals surface area contributed by atoms with Crippen molar-refractivity contribution in [2.24, 2.45) is 17.8 Å². The van der Waals surface area contributed by atoms with Gasteiger partial charge >= 0.3 is 0 Å². The van der Waals surface area contributed by atoms with E-state index in [4.69, 9.17) is 9.26 Å². The average molecular weight is 426 g/mol. The van der Waals surface area contributed by atoms with Gasteiger partial charge in [0, 0.05) is 44.3 Å². The average Bonchev–Trinajstić information content (AvgIpc) is 3.66. The third-order valence-electron chi connectivity index (χ3n) is 7.61. The highest BCUT2D eigenvalue weighted by molar-refractivity contribution is 5.92. The molecule has 8 heteroatoms. The third-order valence-corrected chi connectivity index (χ3v) is 7.61. The van der Waals surface area contributed by atoms with Gasteiger partial charge in [-0.3, -0.25) is 4.79 Å². The molecule has 4 fully saturated rings. The van der Waals surface area contributed by atoms with Crippen LogP contribution in [0.5, 0.6) is 0 Å². The van der Waals surface area contributed by atoms with Gasteiger partial charge < -0.3 is 14.2 Å². The largest absolute Gasteiger partial charge is 0.376 e. The summed E-state index contributed by atoms with van der Waals surface area (Å²) in [6.45, 7) is 4.40. The van der Waals surface area contributed by atoms with Crippen LogP contribution in [-0.2, 0) is 11.2 Å². The van der Waals surface area contributed by atoms with E-state index in [1.807, 2.05) is 11.8 Å². The Bertz CT molecular complexity index is 947. The zero-order chi connectivity index (χ0) is 20.9. The summed E-state index contributed by atoms with van der Waals surface area (Å²) in [5, 5.41) is 12.9. The lowest BCUT2D eigenvalue weighted by atomic mass is 9.77. The number of carbonyl (C=O) groups excluding carboxylic acids is 1. The molecular weight excluding hydrogens is 394 g/mol. The number of hydrogen-bond donors (Lipinski definition) is 0. The lowest BCUT2D eigenvalue weighted by Crippen LogP contribution is -2.38.